The zero-order valence-corrected chi connectivity index (χ0v) is 13.4. The van der Waals surface area contributed by atoms with Crippen LogP contribution in [0.1, 0.15) is 15.9 Å². The van der Waals surface area contributed by atoms with Gasteiger partial charge >= 0.3 is 5.97 Å². The third kappa shape index (κ3) is 3.71. The molecule has 2 aromatic rings. The summed E-state index contributed by atoms with van der Waals surface area (Å²) in [4.78, 5) is 15.3. The first-order valence-corrected chi connectivity index (χ1v) is 7.63. The van der Waals surface area contributed by atoms with Crippen LogP contribution in [0.15, 0.2) is 29.4 Å². The number of thioether (sulfide) groups is 1. The Morgan fingerprint density at radius 2 is 2.14 bits per heavy atom. The molecular weight excluding hydrogens is 335 g/mol. The lowest BCUT2D eigenvalue weighted by Crippen LogP contribution is -2.03. The molecular formula is C13H12Cl2N2O3S. The number of benzene rings is 1. The van der Waals surface area contributed by atoms with Crippen molar-refractivity contribution >= 4 is 40.9 Å². The van der Waals surface area contributed by atoms with E-state index >= 15 is 0 Å². The maximum absolute atomic E-state index is 11.2. The van der Waals surface area contributed by atoms with Gasteiger partial charge in [-0.25, -0.2) is 9.78 Å². The van der Waals surface area contributed by atoms with E-state index in [9.17, 15) is 4.79 Å². The molecule has 0 unspecified atom stereocenters. The summed E-state index contributed by atoms with van der Waals surface area (Å²) in [7, 11) is 1.54. The highest BCUT2D eigenvalue weighted by Gasteiger charge is 2.16. The number of hydrogen-bond acceptors (Lipinski definition) is 4. The predicted molar refractivity (Wildman–Crippen MR) is 82.2 cm³/mol. The Morgan fingerprint density at radius 1 is 1.43 bits per heavy atom. The molecule has 1 N–H and O–H groups in total. The summed E-state index contributed by atoms with van der Waals surface area (Å²) >= 11 is 13.3. The van der Waals surface area contributed by atoms with E-state index in [-0.39, 0.29) is 17.4 Å². The minimum atomic E-state index is -0.956. The van der Waals surface area contributed by atoms with Gasteiger partial charge in [-0.2, -0.15) is 0 Å². The molecule has 0 aliphatic heterocycles. The second-order valence-electron chi connectivity index (χ2n) is 4.07. The molecule has 112 valence electrons. The Balaban J connectivity index is 2.21. The summed E-state index contributed by atoms with van der Waals surface area (Å²) in [5.41, 5.74) is 0.973. The number of imidazole rings is 1. The molecule has 0 radical (unpaired) electrons. The molecule has 0 aliphatic carbocycles. The van der Waals surface area contributed by atoms with Gasteiger partial charge in [0, 0.05) is 12.9 Å². The number of carboxylic acids is 1. The Hall–Kier alpha value is -1.21. The molecule has 1 aromatic carbocycles. The quantitative estimate of drug-likeness (QED) is 0.806. The fourth-order valence-corrected chi connectivity index (χ4v) is 3.18. The summed E-state index contributed by atoms with van der Waals surface area (Å²) in [5.74, 6) is -0.516. The Bertz CT molecular complexity index is 661. The van der Waals surface area contributed by atoms with Crippen molar-refractivity contribution in [1.29, 1.82) is 0 Å². The average molecular weight is 347 g/mol. The molecule has 0 spiro atoms. The number of ether oxygens (including phenoxy) is 1. The molecule has 0 atom stereocenters. The first kappa shape index (κ1) is 16.2. The van der Waals surface area contributed by atoms with E-state index in [0.717, 1.165) is 0 Å². The van der Waals surface area contributed by atoms with E-state index in [4.69, 9.17) is 33.0 Å². The van der Waals surface area contributed by atoms with Gasteiger partial charge in [0.1, 0.15) is 6.73 Å². The predicted octanol–water partition coefficient (Wildman–Crippen LogP) is 3.78. The second kappa shape index (κ2) is 7.17. The van der Waals surface area contributed by atoms with Gasteiger partial charge in [0.15, 0.2) is 15.5 Å². The van der Waals surface area contributed by atoms with Gasteiger partial charge in [-0.1, -0.05) is 53.2 Å². The summed E-state index contributed by atoms with van der Waals surface area (Å²) in [5, 5.41) is 10.2. The molecule has 0 aliphatic rings. The van der Waals surface area contributed by atoms with Crippen LogP contribution in [0.4, 0.5) is 0 Å². The number of aromatic nitrogens is 2. The van der Waals surface area contributed by atoms with Gasteiger partial charge in [-0.05, 0) is 11.6 Å². The van der Waals surface area contributed by atoms with Crippen LogP contribution in [-0.2, 0) is 17.2 Å². The number of nitrogens with zero attached hydrogens (tertiary/aromatic N) is 2. The largest absolute Gasteiger partial charge is 0.478 e. The van der Waals surface area contributed by atoms with Crippen LogP contribution < -0.4 is 0 Å². The number of methoxy groups -OCH3 is 1. The number of carboxylic acid groups (broad SMARTS) is 1. The van der Waals surface area contributed by atoms with E-state index in [2.05, 4.69) is 4.98 Å². The lowest BCUT2D eigenvalue weighted by atomic mass is 10.1. The van der Waals surface area contributed by atoms with Crippen molar-refractivity contribution in [3.63, 3.8) is 0 Å². The van der Waals surface area contributed by atoms with Crippen molar-refractivity contribution in [2.45, 2.75) is 17.6 Å². The van der Waals surface area contributed by atoms with Crippen LogP contribution in [0.5, 0.6) is 0 Å². The Labute approximate surface area is 135 Å². The fraction of sp³-hybridized carbons (Fsp3) is 0.231. The summed E-state index contributed by atoms with van der Waals surface area (Å²) < 4.78 is 6.67. The minimum absolute atomic E-state index is 0.197. The normalized spacial score (nSPS) is 10.8. The van der Waals surface area contributed by atoms with E-state index in [1.165, 1.54) is 11.8 Å². The average Bonchev–Trinajstić information content (AvgIpc) is 2.73. The third-order valence-electron chi connectivity index (χ3n) is 2.69. The van der Waals surface area contributed by atoms with Crippen LogP contribution >= 0.6 is 35.0 Å². The Kier molecular flexibility index (Phi) is 5.52. The topological polar surface area (TPSA) is 64.3 Å². The zero-order chi connectivity index (χ0) is 15.4. The first-order valence-electron chi connectivity index (χ1n) is 5.89. The van der Waals surface area contributed by atoms with Crippen LogP contribution in [-0.4, -0.2) is 27.7 Å². The number of carbonyl (C=O) groups is 1. The SMILES string of the molecule is COCn1c(SCc2ccccc2C(=O)O)nc(Cl)c1Cl. The van der Waals surface area contributed by atoms with Crippen LogP contribution in [0.3, 0.4) is 0 Å². The molecule has 1 aromatic heterocycles. The third-order valence-corrected chi connectivity index (χ3v) is 4.46. The van der Waals surface area contributed by atoms with Crippen LogP contribution in [0, 0.1) is 0 Å². The monoisotopic (exact) mass is 346 g/mol. The van der Waals surface area contributed by atoms with Gasteiger partial charge in [0.05, 0.1) is 5.56 Å². The van der Waals surface area contributed by atoms with Crippen molar-refractivity contribution < 1.29 is 14.6 Å². The number of aromatic carboxylic acids is 1. The highest BCUT2D eigenvalue weighted by molar-refractivity contribution is 7.98. The molecule has 5 nitrogen and oxygen atoms in total. The standard InChI is InChI=1S/C13H12Cl2N2O3S/c1-20-7-17-11(15)10(14)16-13(17)21-6-8-4-2-3-5-9(8)12(18)19/h2-5H,6-7H2,1H3,(H,18,19). The van der Waals surface area contributed by atoms with Crippen LogP contribution in [0.2, 0.25) is 10.3 Å². The molecule has 2 rings (SSSR count). The lowest BCUT2D eigenvalue weighted by molar-refractivity contribution is 0.0696. The molecule has 8 heteroatoms. The number of rotatable bonds is 6. The molecule has 1 heterocycles. The van der Waals surface area contributed by atoms with E-state index in [1.54, 1.807) is 35.9 Å². The highest BCUT2D eigenvalue weighted by Crippen LogP contribution is 2.31. The first-order chi connectivity index (χ1) is 10.0. The maximum atomic E-state index is 11.2. The van der Waals surface area contributed by atoms with Crippen molar-refractivity contribution in [2.24, 2.45) is 0 Å². The minimum Gasteiger partial charge on any atom is -0.478 e. The van der Waals surface area contributed by atoms with Gasteiger partial charge in [0.2, 0.25) is 0 Å². The molecule has 0 bridgehead atoms. The van der Waals surface area contributed by atoms with Crippen molar-refractivity contribution in [2.75, 3.05) is 7.11 Å². The lowest BCUT2D eigenvalue weighted by Gasteiger charge is -2.08. The van der Waals surface area contributed by atoms with Gasteiger partial charge in [-0.3, -0.25) is 4.57 Å². The van der Waals surface area contributed by atoms with E-state index in [1.807, 2.05) is 0 Å². The molecule has 0 saturated heterocycles. The van der Waals surface area contributed by atoms with Crippen LogP contribution in [0.25, 0.3) is 0 Å². The number of halogens is 2. The fourth-order valence-electron chi connectivity index (χ4n) is 1.73. The van der Waals surface area contributed by atoms with Crippen molar-refractivity contribution in [3.8, 4) is 0 Å². The summed E-state index contributed by atoms with van der Waals surface area (Å²) in [6.45, 7) is 0.224. The summed E-state index contributed by atoms with van der Waals surface area (Å²) in [6.07, 6.45) is 0. The highest BCUT2D eigenvalue weighted by atomic mass is 35.5. The van der Waals surface area contributed by atoms with Crippen molar-refractivity contribution in [1.82, 2.24) is 9.55 Å². The summed E-state index contributed by atoms with van der Waals surface area (Å²) in [6, 6.07) is 6.82. The van der Waals surface area contributed by atoms with Gasteiger partial charge < -0.3 is 9.84 Å². The van der Waals surface area contributed by atoms with E-state index < -0.39 is 5.97 Å². The Morgan fingerprint density at radius 3 is 2.81 bits per heavy atom. The number of hydrogen-bond donors (Lipinski definition) is 1. The van der Waals surface area contributed by atoms with Crippen molar-refractivity contribution in [3.05, 3.63) is 45.7 Å². The molecule has 21 heavy (non-hydrogen) atoms. The zero-order valence-electron chi connectivity index (χ0n) is 11.0. The second-order valence-corrected chi connectivity index (χ2v) is 5.73. The molecule has 0 amide bonds. The molecule has 0 saturated carbocycles. The van der Waals surface area contributed by atoms with E-state index in [0.29, 0.717) is 21.6 Å². The smallest absolute Gasteiger partial charge is 0.335 e. The van der Waals surface area contributed by atoms with Gasteiger partial charge in [0.25, 0.3) is 0 Å². The maximum Gasteiger partial charge on any atom is 0.335 e. The molecule has 0 fully saturated rings. The van der Waals surface area contributed by atoms with Gasteiger partial charge in [-0.15, -0.1) is 0 Å².